The molecule has 0 aliphatic rings. The van der Waals surface area contributed by atoms with Crippen molar-refractivity contribution in [2.24, 2.45) is 0 Å². The Bertz CT molecular complexity index is 403. The van der Waals surface area contributed by atoms with Gasteiger partial charge >= 0.3 is 5.97 Å². The Morgan fingerprint density at radius 2 is 1.94 bits per heavy atom. The van der Waals surface area contributed by atoms with Crippen LogP contribution >= 0.6 is 0 Å². The van der Waals surface area contributed by atoms with Crippen LogP contribution in [-0.4, -0.2) is 23.0 Å². The highest BCUT2D eigenvalue weighted by atomic mass is 19.1. The highest BCUT2D eigenvalue weighted by molar-refractivity contribution is 5.79. The number of nitrogens with one attached hydrogen (secondary N) is 1. The maximum atomic E-state index is 12.6. The zero-order chi connectivity index (χ0) is 12.8. The normalized spacial score (nSPS) is 11.9. The first-order chi connectivity index (χ1) is 7.97. The van der Waals surface area contributed by atoms with Crippen LogP contribution in [-0.2, 0) is 16.0 Å². The van der Waals surface area contributed by atoms with Crippen LogP contribution in [0.1, 0.15) is 18.9 Å². The molecule has 0 aliphatic carbocycles. The van der Waals surface area contributed by atoms with Crippen LogP contribution in [0.3, 0.4) is 0 Å². The molecule has 1 amide bonds. The highest BCUT2D eigenvalue weighted by Gasteiger charge is 2.11. The fourth-order valence-corrected chi connectivity index (χ4v) is 1.43. The molecule has 92 valence electrons. The lowest BCUT2D eigenvalue weighted by Gasteiger charge is -2.11. The van der Waals surface area contributed by atoms with Crippen LogP contribution in [0.25, 0.3) is 0 Å². The third-order valence-corrected chi connectivity index (χ3v) is 2.17. The molecule has 1 unspecified atom stereocenters. The summed E-state index contributed by atoms with van der Waals surface area (Å²) in [7, 11) is 0. The number of carbonyl (C=O) groups excluding carboxylic acids is 1. The fourth-order valence-electron chi connectivity index (χ4n) is 1.43. The molecular weight excluding hydrogens is 225 g/mol. The topological polar surface area (TPSA) is 66.4 Å². The molecule has 0 radical (unpaired) electrons. The largest absolute Gasteiger partial charge is 0.481 e. The summed E-state index contributed by atoms with van der Waals surface area (Å²) in [4.78, 5) is 21.9. The zero-order valence-electron chi connectivity index (χ0n) is 9.44. The van der Waals surface area contributed by atoms with Gasteiger partial charge in [0, 0.05) is 6.04 Å². The average molecular weight is 239 g/mol. The van der Waals surface area contributed by atoms with Crippen LogP contribution in [0.15, 0.2) is 24.3 Å². The second-order valence-electron chi connectivity index (χ2n) is 3.87. The summed E-state index contributed by atoms with van der Waals surface area (Å²) >= 11 is 0. The van der Waals surface area contributed by atoms with Crippen LogP contribution in [0.2, 0.25) is 0 Å². The Hall–Kier alpha value is -1.91. The van der Waals surface area contributed by atoms with Gasteiger partial charge in [0.2, 0.25) is 5.91 Å². The lowest BCUT2D eigenvalue weighted by molar-refractivity contribution is -0.137. The number of halogens is 1. The molecule has 0 saturated heterocycles. The number of aliphatic carboxylic acids is 1. The predicted molar refractivity (Wildman–Crippen MR) is 60.0 cm³/mol. The van der Waals surface area contributed by atoms with E-state index in [2.05, 4.69) is 5.32 Å². The smallest absolute Gasteiger partial charge is 0.305 e. The molecule has 17 heavy (non-hydrogen) atoms. The van der Waals surface area contributed by atoms with Gasteiger partial charge in [-0.3, -0.25) is 9.59 Å². The van der Waals surface area contributed by atoms with E-state index < -0.39 is 12.0 Å². The summed E-state index contributed by atoms with van der Waals surface area (Å²) < 4.78 is 12.6. The SMILES string of the molecule is CC(CC(=O)O)NC(=O)Cc1ccc(F)cc1. The van der Waals surface area contributed by atoms with Crippen molar-refractivity contribution >= 4 is 11.9 Å². The van der Waals surface area contributed by atoms with Gasteiger partial charge in [0.25, 0.3) is 0 Å². The van der Waals surface area contributed by atoms with Gasteiger partial charge in [-0.15, -0.1) is 0 Å². The van der Waals surface area contributed by atoms with Crippen molar-refractivity contribution in [3.8, 4) is 0 Å². The van der Waals surface area contributed by atoms with E-state index in [1.165, 1.54) is 24.3 Å². The van der Waals surface area contributed by atoms with Gasteiger partial charge < -0.3 is 10.4 Å². The van der Waals surface area contributed by atoms with Gasteiger partial charge in [0.1, 0.15) is 5.82 Å². The molecule has 0 heterocycles. The van der Waals surface area contributed by atoms with Crippen molar-refractivity contribution in [1.29, 1.82) is 0 Å². The van der Waals surface area contributed by atoms with Gasteiger partial charge in [-0.05, 0) is 24.6 Å². The second-order valence-corrected chi connectivity index (χ2v) is 3.87. The van der Waals surface area contributed by atoms with Gasteiger partial charge in [-0.25, -0.2) is 4.39 Å². The van der Waals surface area contributed by atoms with Crippen LogP contribution in [0.4, 0.5) is 4.39 Å². The predicted octanol–water partition coefficient (Wildman–Crippen LogP) is 1.35. The molecule has 2 N–H and O–H groups in total. The van der Waals surface area contributed by atoms with Gasteiger partial charge in [0.15, 0.2) is 0 Å². The molecule has 4 nitrogen and oxygen atoms in total. The van der Waals surface area contributed by atoms with Gasteiger partial charge in [-0.2, -0.15) is 0 Å². The first kappa shape index (κ1) is 13.2. The first-order valence-electron chi connectivity index (χ1n) is 5.23. The highest BCUT2D eigenvalue weighted by Crippen LogP contribution is 2.03. The molecule has 5 heteroatoms. The zero-order valence-corrected chi connectivity index (χ0v) is 9.44. The van der Waals surface area contributed by atoms with Crippen LogP contribution in [0.5, 0.6) is 0 Å². The van der Waals surface area contributed by atoms with Crippen molar-refractivity contribution in [3.63, 3.8) is 0 Å². The Labute approximate surface area is 98.5 Å². The molecule has 1 aromatic rings. The summed E-state index contributed by atoms with van der Waals surface area (Å²) in [6, 6.07) is 5.19. The number of carboxylic acids is 1. The number of hydrogen-bond donors (Lipinski definition) is 2. The minimum absolute atomic E-state index is 0.115. The van der Waals surface area contributed by atoms with Crippen molar-refractivity contribution in [3.05, 3.63) is 35.6 Å². The fraction of sp³-hybridized carbons (Fsp3) is 0.333. The number of carbonyl (C=O) groups is 2. The summed E-state index contributed by atoms with van der Waals surface area (Å²) in [5.74, 6) is -1.58. The maximum Gasteiger partial charge on any atom is 0.305 e. The number of hydrogen-bond acceptors (Lipinski definition) is 2. The quantitative estimate of drug-likeness (QED) is 0.815. The summed E-state index contributed by atoms with van der Waals surface area (Å²) in [5.41, 5.74) is 0.687. The summed E-state index contributed by atoms with van der Waals surface area (Å²) in [6.45, 7) is 1.62. The molecule has 0 spiro atoms. The van der Waals surface area contributed by atoms with Crippen molar-refractivity contribution < 1.29 is 19.1 Å². The van der Waals surface area contributed by atoms with E-state index in [0.717, 1.165) is 0 Å². The van der Waals surface area contributed by atoms with Gasteiger partial charge in [-0.1, -0.05) is 12.1 Å². The second kappa shape index (κ2) is 5.98. The van der Waals surface area contributed by atoms with Crippen molar-refractivity contribution in [2.75, 3.05) is 0 Å². The molecule has 0 bridgehead atoms. The molecule has 1 atom stereocenters. The minimum atomic E-state index is -0.959. The van der Waals surface area contributed by atoms with E-state index in [9.17, 15) is 14.0 Å². The molecule has 1 rings (SSSR count). The third-order valence-electron chi connectivity index (χ3n) is 2.17. The lowest BCUT2D eigenvalue weighted by Crippen LogP contribution is -2.35. The van der Waals surface area contributed by atoms with E-state index in [1.807, 2.05) is 0 Å². The number of carboxylic acid groups (broad SMARTS) is 1. The summed E-state index contributed by atoms with van der Waals surface area (Å²) in [5, 5.41) is 11.1. The number of rotatable bonds is 5. The Morgan fingerprint density at radius 1 is 1.35 bits per heavy atom. The molecule has 0 fully saturated rings. The Kier molecular flexibility index (Phi) is 4.63. The molecular formula is C12H14FNO3. The first-order valence-corrected chi connectivity index (χ1v) is 5.23. The van der Waals surface area contributed by atoms with E-state index in [1.54, 1.807) is 6.92 Å². The van der Waals surface area contributed by atoms with E-state index in [4.69, 9.17) is 5.11 Å². The maximum absolute atomic E-state index is 12.6. The molecule has 0 aromatic heterocycles. The molecule has 0 saturated carbocycles. The van der Waals surface area contributed by atoms with E-state index >= 15 is 0 Å². The van der Waals surface area contributed by atoms with E-state index in [-0.39, 0.29) is 24.6 Å². The summed E-state index contributed by atoms with van der Waals surface area (Å²) in [6.07, 6.45) is -0.000598. The Balaban J connectivity index is 2.44. The van der Waals surface area contributed by atoms with Crippen molar-refractivity contribution in [1.82, 2.24) is 5.32 Å². The van der Waals surface area contributed by atoms with Crippen LogP contribution in [0, 0.1) is 5.82 Å². The molecule has 1 aromatic carbocycles. The average Bonchev–Trinajstić information content (AvgIpc) is 2.19. The third kappa shape index (κ3) is 5.10. The van der Waals surface area contributed by atoms with Crippen molar-refractivity contribution in [2.45, 2.75) is 25.8 Å². The number of benzene rings is 1. The molecule has 0 aliphatic heterocycles. The standard InChI is InChI=1S/C12H14FNO3/c1-8(6-12(16)17)14-11(15)7-9-2-4-10(13)5-3-9/h2-5,8H,6-7H2,1H3,(H,14,15)(H,16,17). The van der Waals surface area contributed by atoms with Crippen LogP contribution < -0.4 is 5.32 Å². The Morgan fingerprint density at radius 3 is 2.47 bits per heavy atom. The monoisotopic (exact) mass is 239 g/mol. The lowest BCUT2D eigenvalue weighted by atomic mass is 10.1. The number of amides is 1. The minimum Gasteiger partial charge on any atom is -0.481 e. The van der Waals surface area contributed by atoms with E-state index in [0.29, 0.717) is 5.56 Å². The van der Waals surface area contributed by atoms with Gasteiger partial charge in [0.05, 0.1) is 12.8 Å².